The number of amides is 1. The lowest BCUT2D eigenvalue weighted by atomic mass is 10.2. The molecule has 0 bridgehead atoms. The summed E-state index contributed by atoms with van der Waals surface area (Å²) >= 11 is 0. The third-order valence-electron chi connectivity index (χ3n) is 1.88. The molecule has 0 aromatic heterocycles. The van der Waals surface area contributed by atoms with Crippen molar-refractivity contribution in [1.82, 2.24) is 0 Å². The summed E-state index contributed by atoms with van der Waals surface area (Å²) in [5, 5.41) is 2.16. The second-order valence-electron chi connectivity index (χ2n) is 3.11. The summed E-state index contributed by atoms with van der Waals surface area (Å²) in [6, 6.07) is 2.53. The molecule has 0 aliphatic heterocycles. The van der Waals surface area contributed by atoms with Crippen LogP contribution < -0.4 is 11.1 Å². The van der Waals surface area contributed by atoms with E-state index in [2.05, 4.69) is 11.2 Å². The molecule has 1 atom stereocenters. The average Bonchev–Trinajstić information content (AvgIpc) is 2.25. The highest BCUT2D eigenvalue weighted by Crippen LogP contribution is 2.16. The maximum Gasteiger partial charge on any atom is 0.242 e. The van der Waals surface area contributed by atoms with Gasteiger partial charge >= 0.3 is 0 Å². The maximum absolute atomic E-state index is 13.1. The van der Waals surface area contributed by atoms with Gasteiger partial charge in [0.15, 0.2) is 11.6 Å². The molecule has 0 heterocycles. The second-order valence-corrected chi connectivity index (χ2v) is 3.11. The zero-order valence-corrected chi connectivity index (χ0v) is 8.34. The Kier molecular flexibility index (Phi) is 3.97. The monoisotopic (exact) mass is 224 g/mol. The van der Waals surface area contributed by atoms with Crippen LogP contribution in [-0.2, 0) is 4.79 Å². The molecule has 3 nitrogen and oxygen atoms in total. The van der Waals surface area contributed by atoms with Crippen molar-refractivity contribution in [1.29, 1.82) is 0 Å². The first-order valence-electron chi connectivity index (χ1n) is 4.50. The van der Waals surface area contributed by atoms with Gasteiger partial charge in [0, 0.05) is 6.42 Å². The Morgan fingerprint density at radius 2 is 2.25 bits per heavy atom. The van der Waals surface area contributed by atoms with Crippen LogP contribution in [0.1, 0.15) is 6.42 Å². The van der Waals surface area contributed by atoms with E-state index in [9.17, 15) is 13.6 Å². The lowest BCUT2D eigenvalue weighted by Crippen LogP contribution is -2.35. The lowest BCUT2D eigenvalue weighted by Gasteiger charge is -2.10. The fourth-order valence-electron chi connectivity index (χ4n) is 1.05. The molecule has 0 saturated carbocycles. The number of anilines is 1. The highest BCUT2D eigenvalue weighted by atomic mass is 19.2. The highest BCUT2D eigenvalue weighted by Gasteiger charge is 2.15. The van der Waals surface area contributed by atoms with Crippen LogP contribution >= 0.6 is 0 Å². The van der Waals surface area contributed by atoms with Gasteiger partial charge in [-0.25, -0.2) is 8.78 Å². The number of carbonyl (C=O) groups is 1. The Labute approximate surface area is 91.6 Å². The van der Waals surface area contributed by atoms with Gasteiger partial charge < -0.3 is 11.1 Å². The molecule has 1 unspecified atom stereocenters. The number of nitrogens with one attached hydrogen (secondary N) is 1. The molecule has 0 radical (unpaired) electrons. The Morgan fingerprint density at radius 1 is 1.56 bits per heavy atom. The molecule has 84 valence electrons. The maximum atomic E-state index is 13.1. The van der Waals surface area contributed by atoms with E-state index in [1.165, 1.54) is 12.1 Å². The number of benzene rings is 1. The van der Waals surface area contributed by atoms with Gasteiger partial charge in [0.25, 0.3) is 0 Å². The van der Waals surface area contributed by atoms with E-state index in [1.54, 1.807) is 0 Å². The molecule has 3 N–H and O–H groups in total. The van der Waals surface area contributed by atoms with E-state index in [0.29, 0.717) is 0 Å². The predicted octanol–water partition coefficient (Wildman–Crippen LogP) is 1.25. The van der Waals surface area contributed by atoms with E-state index in [1.807, 2.05) is 0 Å². The van der Waals surface area contributed by atoms with Crippen molar-refractivity contribution in [2.75, 3.05) is 5.32 Å². The van der Waals surface area contributed by atoms with Crippen molar-refractivity contribution >= 4 is 11.6 Å². The van der Waals surface area contributed by atoms with Gasteiger partial charge in [0.1, 0.15) is 0 Å². The number of carbonyl (C=O) groups excluding carboxylic acids is 1. The van der Waals surface area contributed by atoms with Gasteiger partial charge in [-0.05, 0) is 12.1 Å². The van der Waals surface area contributed by atoms with Gasteiger partial charge in [-0.3, -0.25) is 4.79 Å². The highest BCUT2D eigenvalue weighted by molar-refractivity contribution is 5.94. The molecule has 1 rings (SSSR count). The number of hydrogen-bond acceptors (Lipinski definition) is 2. The second kappa shape index (κ2) is 5.24. The molecule has 1 amide bonds. The fourth-order valence-corrected chi connectivity index (χ4v) is 1.05. The quantitative estimate of drug-likeness (QED) is 0.759. The number of hydrogen-bond donors (Lipinski definition) is 2. The van der Waals surface area contributed by atoms with Gasteiger partial charge in [0.2, 0.25) is 5.91 Å². The molecule has 5 heteroatoms. The first-order valence-corrected chi connectivity index (χ1v) is 4.50. The molecule has 1 aromatic rings. The number of nitrogens with two attached hydrogens (primary N) is 1. The van der Waals surface area contributed by atoms with Crippen LogP contribution in [-0.4, -0.2) is 11.9 Å². The van der Waals surface area contributed by atoms with E-state index in [-0.39, 0.29) is 12.1 Å². The van der Waals surface area contributed by atoms with Crippen LogP contribution in [0.5, 0.6) is 0 Å². The van der Waals surface area contributed by atoms with E-state index < -0.39 is 23.6 Å². The normalized spacial score (nSPS) is 11.6. The van der Waals surface area contributed by atoms with Crippen molar-refractivity contribution in [2.24, 2.45) is 5.73 Å². The summed E-state index contributed by atoms with van der Waals surface area (Å²) in [5.41, 5.74) is 5.14. The first kappa shape index (κ1) is 12.1. The summed E-state index contributed by atoms with van der Waals surface area (Å²) in [6.45, 7) is 0. The summed E-state index contributed by atoms with van der Waals surface area (Å²) in [7, 11) is 0. The van der Waals surface area contributed by atoms with Gasteiger partial charge in [-0.2, -0.15) is 0 Å². The van der Waals surface area contributed by atoms with Gasteiger partial charge in [-0.15, -0.1) is 12.3 Å². The van der Waals surface area contributed by atoms with Crippen LogP contribution in [0, 0.1) is 24.0 Å². The summed E-state index contributed by atoms with van der Waals surface area (Å²) in [6.07, 6.45) is 5.00. The molecule has 0 aliphatic rings. The molecule has 0 saturated heterocycles. The molecule has 0 spiro atoms. The van der Waals surface area contributed by atoms with Gasteiger partial charge in [-0.1, -0.05) is 6.07 Å². The largest absolute Gasteiger partial charge is 0.322 e. The van der Waals surface area contributed by atoms with Crippen molar-refractivity contribution in [3.05, 3.63) is 29.8 Å². The Balaban J connectivity index is 2.78. The topological polar surface area (TPSA) is 55.1 Å². The summed E-state index contributed by atoms with van der Waals surface area (Å²) < 4.78 is 25.9. The van der Waals surface area contributed by atoms with Crippen molar-refractivity contribution in [2.45, 2.75) is 12.5 Å². The van der Waals surface area contributed by atoms with E-state index in [4.69, 9.17) is 12.2 Å². The van der Waals surface area contributed by atoms with E-state index >= 15 is 0 Å². The minimum absolute atomic E-state index is 0.0305. The minimum atomic E-state index is -1.12. The molecule has 0 aliphatic carbocycles. The number of halogens is 2. The Bertz CT molecular complexity index is 440. The van der Waals surface area contributed by atoms with E-state index in [0.717, 1.165) is 6.07 Å². The Morgan fingerprint density at radius 3 is 2.88 bits per heavy atom. The number of terminal acetylenes is 1. The van der Waals surface area contributed by atoms with Crippen molar-refractivity contribution in [3.8, 4) is 12.3 Å². The van der Waals surface area contributed by atoms with Crippen LogP contribution in [0.3, 0.4) is 0 Å². The van der Waals surface area contributed by atoms with Crippen molar-refractivity contribution in [3.63, 3.8) is 0 Å². The standard InChI is InChI=1S/C11H10F2N2O/c1-2-4-8(14)11(16)15-9-6-3-5-7(12)10(9)13/h1,3,5-6,8H,4,14H2,(H,15,16). The van der Waals surface area contributed by atoms with Crippen LogP contribution in [0.25, 0.3) is 0 Å². The SMILES string of the molecule is C#CCC(N)C(=O)Nc1cccc(F)c1F. The predicted molar refractivity (Wildman–Crippen MR) is 56.4 cm³/mol. The molecule has 0 fully saturated rings. The lowest BCUT2D eigenvalue weighted by molar-refractivity contribution is -0.117. The minimum Gasteiger partial charge on any atom is -0.322 e. The molecule has 1 aromatic carbocycles. The molecule has 16 heavy (non-hydrogen) atoms. The fraction of sp³-hybridized carbons (Fsp3) is 0.182. The third kappa shape index (κ3) is 2.78. The molecular formula is C11H10F2N2O. The average molecular weight is 224 g/mol. The van der Waals surface area contributed by atoms with Crippen molar-refractivity contribution < 1.29 is 13.6 Å². The van der Waals surface area contributed by atoms with Crippen LogP contribution in [0.4, 0.5) is 14.5 Å². The summed E-state index contributed by atoms with van der Waals surface area (Å²) in [4.78, 5) is 11.3. The van der Waals surface area contributed by atoms with Crippen LogP contribution in [0.15, 0.2) is 18.2 Å². The van der Waals surface area contributed by atoms with Gasteiger partial charge in [0.05, 0.1) is 11.7 Å². The summed E-state index contributed by atoms with van der Waals surface area (Å²) in [5.74, 6) is -0.604. The van der Waals surface area contributed by atoms with Crippen LogP contribution in [0.2, 0.25) is 0 Å². The smallest absolute Gasteiger partial charge is 0.242 e. The third-order valence-corrected chi connectivity index (χ3v) is 1.88. The molecular weight excluding hydrogens is 214 g/mol. The number of rotatable bonds is 3. The Hall–Kier alpha value is -1.93. The first-order chi connectivity index (χ1) is 7.56. The zero-order chi connectivity index (χ0) is 12.1. The zero-order valence-electron chi connectivity index (χ0n) is 8.34.